The third-order valence-electron chi connectivity index (χ3n) is 4.16. The zero-order valence-electron chi connectivity index (χ0n) is 17.4. The molecule has 0 aliphatic heterocycles. The molecular formula is C19H34IN7. The monoisotopic (exact) mass is 487 g/mol. The second kappa shape index (κ2) is 11.3. The lowest BCUT2D eigenvalue weighted by Crippen LogP contribution is -2.38. The summed E-state index contributed by atoms with van der Waals surface area (Å²) >= 11 is 0. The lowest BCUT2D eigenvalue weighted by Gasteiger charge is -2.22. The first-order valence-corrected chi connectivity index (χ1v) is 9.41. The third kappa shape index (κ3) is 7.15. The fourth-order valence-corrected chi connectivity index (χ4v) is 2.97. The van der Waals surface area contributed by atoms with E-state index in [9.17, 15) is 0 Å². The second-order valence-corrected chi connectivity index (χ2v) is 7.09. The number of aryl methyl sites for hydroxylation is 3. The van der Waals surface area contributed by atoms with Crippen molar-refractivity contribution in [1.29, 1.82) is 0 Å². The summed E-state index contributed by atoms with van der Waals surface area (Å²) in [7, 11) is 4.06. The second-order valence-electron chi connectivity index (χ2n) is 7.09. The van der Waals surface area contributed by atoms with Crippen LogP contribution in [0.1, 0.15) is 49.9 Å². The van der Waals surface area contributed by atoms with Gasteiger partial charge in [-0.05, 0) is 31.7 Å². The van der Waals surface area contributed by atoms with Gasteiger partial charge in [0.25, 0.3) is 0 Å². The van der Waals surface area contributed by atoms with Gasteiger partial charge in [-0.3, -0.25) is 14.4 Å². The molecule has 0 aliphatic carbocycles. The summed E-state index contributed by atoms with van der Waals surface area (Å²) in [6.45, 7) is 11.8. The van der Waals surface area contributed by atoms with E-state index in [-0.39, 0.29) is 24.0 Å². The molecule has 0 saturated heterocycles. The van der Waals surface area contributed by atoms with Crippen LogP contribution >= 0.6 is 24.0 Å². The van der Waals surface area contributed by atoms with Crippen LogP contribution in [0.15, 0.2) is 23.6 Å². The van der Waals surface area contributed by atoms with E-state index >= 15 is 0 Å². The van der Waals surface area contributed by atoms with Crippen molar-refractivity contribution in [3.8, 4) is 0 Å². The average Bonchev–Trinajstić information content (AvgIpc) is 3.15. The number of hydrogen-bond donors (Lipinski definition) is 1. The minimum absolute atomic E-state index is 0. The molecule has 2 heterocycles. The fourth-order valence-electron chi connectivity index (χ4n) is 2.97. The zero-order chi connectivity index (χ0) is 19.1. The van der Waals surface area contributed by atoms with Crippen molar-refractivity contribution in [1.82, 2.24) is 29.8 Å². The molecule has 0 fully saturated rings. The topological polar surface area (TPSA) is 63.3 Å². The zero-order valence-corrected chi connectivity index (χ0v) is 19.8. The molecule has 27 heavy (non-hydrogen) atoms. The molecule has 0 aliphatic rings. The van der Waals surface area contributed by atoms with Crippen LogP contribution in [0.5, 0.6) is 0 Å². The molecule has 2 rings (SSSR count). The Labute approximate surface area is 180 Å². The number of halogens is 1. The van der Waals surface area contributed by atoms with Gasteiger partial charge < -0.3 is 10.2 Å². The van der Waals surface area contributed by atoms with E-state index in [1.54, 1.807) is 0 Å². The molecule has 0 unspecified atom stereocenters. The maximum atomic E-state index is 4.78. The lowest BCUT2D eigenvalue weighted by molar-refractivity contribution is 0.471. The third-order valence-corrected chi connectivity index (χ3v) is 4.16. The number of nitrogens with zero attached hydrogens (tertiary/aromatic N) is 6. The first-order chi connectivity index (χ1) is 12.4. The fraction of sp³-hybridized carbons (Fsp3) is 0.632. The number of rotatable bonds is 8. The highest BCUT2D eigenvalue weighted by atomic mass is 127. The number of guanidine groups is 1. The van der Waals surface area contributed by atoms with Crippen molar-refractivity contribution in [3.05, 3.63) is 35.4 Å². The molecule has 2 aromatic rings. The Kier molecular flexibility index (Phi) is 9.82. The number of aliphatic imine (C=N–C) groups is 1. The molecule has 7 nitrogen and oxygen atoms in total. The molecule has 0 spiro atoms. The van der Waals surface area contributed by atoms with Gasteiger partial charge in [-0.25, -0.2) is 0 Å². The predicted molar refractivity (Wildman–Crippen MR) is 122 cm³/mol. The molecular weight excluding hydrogens is 453 g/mol. The largest absolute Gasteiger partial charge is 0.357 e. The summed E-state index contributed by atoms with van der Waals surface area (Å²) in [5.74, 6) is 1.35. The van der Waals surface area contributed by atoms with E-state index in [1.165, 1.54) is 11.1 Å². The van der Waals surface area contributed by atoms with E-state index in [2.05, 4.69) is 67.6 Å². The average molecular weight is 487 g/mol. The van der Waals surface area contributed by atoms with Gasteiger partial charge in [0.15, 0.2) is 5.96 Å². The summed E-state index contributed by atoms with van der Waals surface area (Å²) in [5, 5.41) is 12.3. The Hall–Kier alpha value is -1.58. The minimum atomic E-state index is 0. The first-order valence-electron chi connectivity index (χ1n) is 9.41. The summed E-state index contributed by atoms with van der Waals surface area (Å²) < 4.78 is 3.88. The summed E-state index contributed by atoms with van der Waals surface area (Å²) in [4.78, 5) is 6.95. The van der Waals surface area contributed by atoms with E-state index in [1.807, 2.05) is 22.6 Å². The Morgan fingerprint density at radius 2 is 2.07 bits per heavy atom. The van der Waals surface area contributed by atoms with Crippen LogP contribution in [0.4, 0.5) is 0 Å². The van der Waals surface area contributed by atoms with Crippen molar-refractivity contribution >= 4 is 29.9 Å². The number of hydrogen-bond acceptors (Lipinski definition) is 3. The SMILES string of the molecule is CCNC(=NCCCn1cc(C)cn1)N(C)Cc1cn(C)nc1C(C)C.I. The first kappa shape index (κ1) is 23.5. The van der Waals surface area contributed by atoms with Gasteiger partial charge in [-0.2, -0.15) is 10.2 Å². The van der Waals surface area contributed by atoms with Gasteiger partial charge >= 0.3 is 0 Å². The Morgan fingerprint density at radius 1 is 1.33 bits per heavy atom. The van der Waals surface area contributed by atoms with E-state index < -0.39 is 0 Å². The Morgan fingerprint density at radius 3 is 2.67 bits per heavy atom. The predicted octanol–water partition coefficient (Wildman–Crippen LogP) is 3.15. The van der Waals surface area contributed by atoms with Crippen LogP contribution in [-0.4, -0.2) is 50.6 Å². The summed E-state index contributed by atoms with van der Waals surface area (Å²) in [6.07, 6.45) is 7.03. The van der Waals surface area contributed by atoms with Gasteiger partial charge in [0, 0.05) is 58.2 Å². The maximum Gasteiger partial charge on any atom is 0.193 e. The molecule has 0 saturated carbocycles. The van der Waals surface area contributed by atoms with Crippen LogP contribution in [0.2, 0.25) is 0 Å². The smallest absolute Gasteiger partial charge is 0.193 e. The molecule has 8 heteroatoms. The number of nitrogens with one attached hydrogen (secondary N) is 1. The van der Waals surface area contributed by atoms with Gasteiger partial charge in [0.05, 0.1) is 11.9 Å². The minimum Gasteiger partial charge on any atom is -0.357 e. The van der Waals surface area contributed by atoms with Crippen LogP contribution in [0.3, 0.4) is 0 Å². The highest BCUT2D eigenvalue weighted by Crippen LogP contribution is 2.18. The highest BCUT2D eigenvalue weighted by molar-refractivity contribution is 14.0. The van der Waals surface area contributed by atoms with Gasteiger partial charge in [-0.1, -0.05) is 13.8 Å². The number of aromatic nitrogens is 4. The molecule has 1 N–H and O–H groups in total. The van der Waals surface area contributed by atoms with Crippen molar-refractivity contribution in [2.45, 2.75) is 53.1 Å². The van der Waals surface area contributed by atoms with Crippen LogP contribution in [0, 0.1) is 6.92 Å². The maximum absolute atomic E-state index is 4.78. The van der Waals surface area contributed by atoms with Crippen molar-refractivity contribution in [2.75, 3.05) is 20.1 Å². The normalized spacial score (nSPS) is 11.6. The van der Waals surface area contributed by atoms with Crippen molar-refractivity contribution in [3.63, 3.8) is 0 Å². The lowest BCUT2D eigenvalue weighted by atomic mass is 10.1. The summed E-state index contributed by atoms with van der Waals surface area (Å²) in [5.41, 5.74) is 3.60. The Bertz CT molecular complexity index is 717. The van der Waals surface area contributed by atoms with Crippen molar-refractivity contribution < 1.29 is 0 Å². The quantitative estimate of drug-likeness (QED) is 0.269. The molecule has 152 valence electrons. The van der Waals surface area contributed by atoms with E-state index in [0.717, 1.165) is 44.3 Å². The van der Waals surface area contributed by atoms with Gasteiger partial charge in [-0.15, -0.1) is 24.0 Å². The van der Waals surface area contributed by atoms with E-state index in [4.69, 9.17) is 4.99 Å². The molecule has 0 radical (unpaired) electrons. The van der Waals surface area contributed by atoms with Crippen molar-refractivity contribution in [2.24, 2.45) is 12.0 Å². The van der Waals surface area contributed by atoms with Gasteiger partial charge in [0.1, 0.15) is 0 Å². The van der Waals surface area contributed by atoms with Crippen LogP contribution < -0.4 is 5.32 Å². The van der Waals surface area contributed by atoms with E-state index in [0.29, 0.717) is 5.92 Å². The standard InChI is InChI=1S/C19H33N7.HI/c1-7-20-19(21-9-8-10-26-12-16(4)11-22-26)24(5)13-17-14-25(6)23-18(17)15(2)3;/h11-12,14-15H,7-10,13H2,1-6H3,(H,20,21);1H. The highest BCUT2D eigenvalue weighted by Gasteiger charge is 2.15. The molecule has 0 aromatic carbocycles. The van der Waals surface area contributed by atoms with Crippen LogP contribution in [0.25, 0.3) is 0 Å². The summed E-state index contributed by atoms with van der Waals surface area (Å²) in [6, 6.07) is 0. The molecule has 0 bridgehead atoms. The molecule has 0 amide bonds. The molecule has 2 aromatic heterocycles. The molecule has 0 atom stereocenters. The Balaban J connectivity index is 0.00000364. The van der Waals surface area contributed by atoms with Crippen LogP contribution in [-0.2, 0) is 20.1 Å². The van der Waals surface area contributed by atoms with Gasteiger partial charge in [0.2, 0.25) is 0 Å².